The van der Waals surface area contributed by atoms with Crippen LogP contribution in [0.2, 0.25) is 0 Å². The average molecular weight is 371 g/mol. The van der Waals surface area contributed by atoms with Crippen LogP contribution >= 0.6 is 15.9 Å². The van der Waals surface area contributed by atoms with Crippen molar-refractivity contribution in [3.05, 3.63) is 64.6 Å². The molecule has 3 atom stereocenters. The van der Waals surface area contributed by atoms with Gasteiger partial charge in [-0.15, -0.1) is 0 Å². The molecule has 1 saturated heterocycles. The van der Waals surface area contributed by atoms with Crippen molar-refractivity contribution >= 4 is 21.6 Å². The number of halogens is 1. The molecular weight excluding hydrogens is 348 g/mol. The van der Waals surface area contributed by atoms with E-state index in [0.717, 1.165) is 16.9 Å². The molecule has 2 nitrogen and oxygen atoms in total. The van der Waals surface area contributed by atoms with Crippen LogP contribution in [-0.2, 0) is 0 Å². The molecule has 1 aliphatic carbocycles. The maximum Gasteiger partial charge on any atom is 0.106 e. The van der Waals surface area contributed by atoms with Gasteiger partial charge in [-0.25, -0.2) is 0 Å². The maximum absolute atomic E-state index is 3.95. The smallest absolute Gasteiger partial charge is 0.106 e. The van der Waals surface area contributed by atoms with Gasteiger partial charge in [-0.3, -0.25) is 5.32 Å². The van der Waals surface area contributed by atoms with Crippen LogP contribution in [0, 0.1) is 5.92 Å². The summed E-state index contributed by atoms with van der Waals surface area (Å²) >= 11 is 3.63. The van der Waals surface area contributed by atoms with E-state index >= 15 is 0 Å². The van der Waals surface area contributed by atoms with Gasteiger partial charge in [0, 0.05) is 22.7 Å². The van der Waals surface area contributed by atoms with Gasteiger partial charge in [0.25, 0.3) is 0 Å². The molecule has 0 spiro atoms. The summed E-state index contributed by atoms with van der Waals surface area (Å²) in [6.45, 7) is 1.15. The van der Waals surface area contributed by atoms with E-state index < -0.39 is 0 Å². The Morgan fingerprint density at radius 1 is 0.957 bits per heavy atom. The zero-order valence-electron chi connectivity index (χ0n) is 13.3. The van der Waals surface area contributed by atoms with Crippen LogP contribution in [0.15, 0.2) is 59.1 Å². The van der Waals surface area contributed by atoms with Crippen molar-refractivity contribution in [2.75, 3.05) is 11.4 Å². The molecule has 2 aromatic rings. The van der Waals surface area contributed by atoms with Gasteiger partial charge in [-0.2, -0.15) is 0 Å². The second-order valence-corrected chi connectivity index (χ2v) is 7.68. The van der Waals surface area contributed by atoms with Gasteiger partial charge in [0.2, 0.25) is 0 Å². The molecule has 1 heterocycles. The number of rotatable bonds is 2. The summed E-state index contributed by atoms with van der Waals surface area (Å²) < 4.78 is 1.15. The fourth-order valence-electron chi connectivity index (χ4n) is 4.12. The van der Waals surface area contributed by atoms with Crippen molar-refractivity contribution in [1.29, 1.82) is 0 Å². The highest BCUT2D eigenvalue weighted by Crippen LogP contribution is 2.37. The van der Waals surface area contributed by atoms with Gasteiger partial charge in [-0.05, 0) is 48.6 Å². The SMILES string of the molecule is Brc1cccc([C@H]2N[C@@H]3CCCC[C@@H]3CN2c2ccccc2)c1. The molecule has 2 aromatic carbocycles. The highest BCUT2D eigenvalue weighted by atomic mass is 79.9. The lowest BCUT2D eigenvalue weighted by Crippen LogP contribution is -2.56. The summed E-state index contributed by atoms with van der Waals surface area (Å²) in [4.78, 5) is 2.55. The summed E-state index contributed by atoms with van der Waals surface area (Å²) in [6.07, 6.45) is 5.68. The fraction of sp³-hybridized carbons (Fsp3) is 0.400. The molecule has 23 heavy (non-hydrogen) atoms. The number of para-hydroxylation sites is 1. The van der Waals surface area contributed by atoms with E-state index in [9.17, 15) is 0 Å². The van der Waals surface area contributed by atoms with E-state index in [1.165, 1.54) is 36.9 Å². The molecule has 1 aliphatic heterocycles. The van der Waals surface area contributed by atoms with E-state index in [0.29, 0.717) is 6.04 Å². The first kappa shape index (κ1) is 15.2. The summed E-state index contributed by atoms with van der Waals surface area (Å²) in [5, 5.41) is 3.95. The van der Waals surface area contributed by atoms with E-state index in [1.54, 1.807) is 0 Å². The van der Waals surface area contributed by atoms with Crippen LogP contribution in [0.3, 0.4) is 0 Å². The summed E-state index contributed by atoms with van der Waals surface area (Å²) in [5.74, 6) is 0.771. The third-order valence-electron chi connectivity index (χ3n) is 5.28. The molecule has 0 radical (unpaired) electrons. The summed E-state index contributed by atoms with van der Waals surface area (Å²) in [6, 6.07) is 20.2. The number of hydrogen-bond donors (Lipinski definition) is 1. The van der Waals surface area contributed by atoms with Gasteiger partial charge in [-0.1, -0.05) is 59.1 Å². The van der Waals surface area contributed by atoms with Crippen molar-refractivity contribution < 1.29 is 0 Å². The molecule has 4 rings (SSSR count). The molecule has 0 aromatic heterocycles. The van der Waals surface area contributed by atoms with Gasteiger partial charge < -0.3 is 4.90 Å². The van der Waals surface area contributed by atoms with E-state index in [-0.39, 0.29) is 6.17 Å². The largest absolute Gasteiger partial charge is 0.352 e. The molecule has 0 bridgehead atoms. The number of benzene rings is 2. The van der Waals surface area contributed by atoms with E-state index in [2.05, 4.69) is 80.7 Å². The Morgan fingerprint density at radius 2 is 1.78 bits per heavy atom. The third kappa shape index (κ3) is 3.17. The first-order chi connectivity index (χ1) is 11.3. The van der Waals surface area contributed by atoms with Gasteiger partial charge in [0.15, 0.2) is 0 Å². The molecule has 3 heteroatoms. The molecule has 1 N–H and O–H groups in total. The molecule has 0 unspecified atom stereocenters. The quantitative estimate of drug-likeness (QED) is 0.789. The minimum atomic E-state index is 0.259. The minimum absolute atomic E-state index is 0.259. The zero-order valence-corrected chi connectivity index (χ0v) is 14.9. The highest BCUT2D eigenvalue weighted by molar-refractivity contribution is 9.10. The second kappa shape index (κ2) is 6.66. The normalized spacial score (nSPS) is 27.5. The first-order valence-electron chi connectivity index (χ1n) is 8.64. The third-order valence-corrected chi connectivity index (χ3v) is 5.77. The van der Waals surface area contributed by atoms with E-state index in [1.807, 2.05) is 0 Å². The van der Waals surface area contributed by atoms with Crippen molar-refractivity contribution in [2.24, 2.45) is 5.92 Å². The maximum atomic E-state index is 3.95. The van der Waals surface area contributed by atoms with Gasteiger partial charge in [0.05, 0.1) is 0 Å². The van der Waals surface area contributed by atoms with Gasteiger partial charge in [0.1, 0.15) is 6.17 Å². The molecule has 2 aliphatic rings. The molecule has 120 valence electrons. The molecular formula is C20H23BrN2. The number of fused-ring (bicyclic) bond motifs is 1. The Labute approximate surface area is 147 Å². The van der Waals surface area contributed by atoms with Crippen LogP contribution in [0.4, 0.5) is 5.69 Å². The average Bonchev–Trinajstić information content (AvgIpc) is 2.61. The topological polar surface area (TPSA) is 15.3 Å². The minimum Gasteiger partial charge on any atom is -0.352 e. The highest BCUT2D eigenvalue weighted by Gasteiger charge is 2.36. The standard InChI is InChI=1S/C20H23BrN2/c21-17-9-6-8-15(13-17)20-22-19-12-5-4-7-16(19)14-23(20)18-10-2-1-3-11-18/h1-3,6,8-11,13,16,19-20,22H,4-5,7,12,14H2/t16-,19-,20+/m1/s1. The number of nitrogens with one attached hydrogen (secondary N) is 1. The van der Waals surface area contributed by atoms with Crippen LogP contribution in [0.25, 0.3) is 0 Å². The number of nitrogens with zero attached hydrogens (tertiary/aromatic N) is 1. The second-order valence-electron chi connectivity index (χ2n) is 6.76. The van der Waals surface area contributed by atoms with Crippen LogP contribution in [-0.4, -0.2) is 12.6 Å². The van der Waals surface area contributed by atoms with Gasteiger partial charge >= 0.3 is 0 Å². The summed E-state index contributed by atoms with van der Waals surface area (Å²) in [7, 11) is 0. The Balaban J connectivity index is 1.70. The Bertz CT molecular complexity index is 658. The molecule has 1 saturated carbocycles. The Kier molecular flexibility index (Phi) is 4.41. The monoisotopic (exact) mass is 370 g/mol. The zero-order chi connectivity index (χ0) is 15.6. The predicted molar refractivity (Wildman–Crippen MR) is 99.6 cm³/mol. The Morgan fingerprint density at radius 3 is 2.61 bits per heavy atom. The summed E-state index contributed by atoms with van der Waals surface area (Å²) in [5.41, 5.74) is 2.65. The van der Waals surface area contributed by atoms with Crippen molar-refractivity contribution in [2.45, 2.75) is 37.9 Å². The predicted octanol–water partition coefficient (Wildman–Crippen LogP) is 5.12. The van der Waals surface area contributed by atoms with Crippen LogP contribution in [0.1, 0.15) is 37.4 Å². The van der Waals surface area contributed by atoms with Crippen molar-refractivity contribution in [1.82, 2.24) is 5.32 Å². The lowest BCUT2D eigenvalue weighted by atomic mass is 9.81. The number of anilines is 1. The van der Waals surface area contributed by atoms with Crippen LogP contribution < -0.4 is 10.2 Å². The Hall–Kier alpha value is -1.32. The van der Waals surface area contributed by atoms with Crippen molar-refractivity contribution in [3.8, 4) is 0 Å². The van der Waals surface area contributed by atoms with Crippen LogP contribution in [0.5, 0.6) is 0 Å². The van der Waals surface area contributed by atoms with E-state index in [4.69, 9.17) is 0 Å². The number of hydrogen-bond acceptors (Lipinski definition) is 2. The lowest BCUT2D eigenvalue weighted by molar-refractivity contribution is 0.198. The fourth-order valence-corrected chi connectivity index (χ4v) is 4.54. The lowest BCUT2D eigenvalue weighted by Gasteiger charge is -2.48. The molecule has 0 amide bonds. The van der Waals surface area contributed by atoms with Crippen molar-refractivity contribution in [3.63, 3.8) is 0 Å². The molecule has 2 fully saturated rings. The first-order valence-corrected chi connectivity index (χ1v) is 9.44.